The molecule has 0 bridgehead atoms. The molecular formula is C21H23N3O3. The highest BCUT2D eigenvalue weighted by Crippen LogP contribution is 2.26. The number of hydrogen-bond acceptors (Lipinski definition) is 5. The van der Waals surface area contributed by atoms with E-state index in [9.17, 15) is 4.79 Å². The molecule has 0 fully saturated rings. The van der Waals surface area contributed by atoms with Crippen molar-refractivity contribution >= 4 is 28.3 Å². The summed E-state index contributed by atoms with van der Waals surface area (Å²) in [7, 11) is 1.59. The molecule has 6 nitrogen and oxygen atoms in total. The van der Waals surface area contributed by atoms with Crippen molar-refractivity contribution in [3.05, 3.63) is 59.9 Å². The molecule has 0 aliphatic carbocycles. The highest BCUT2D eigenvalue weighted by molar-refractivity contribution is 6.02. The van der Waals surface area contributed by atoms with Crippen LogP contribution in [0.15, 0.2) is 58.0 Å². The van der Waals surface area contributed by atoms with Crippen LogP contribution in [0, 0.1) is 0 Å². The number of amides is 1. The molecule has 2 N–H and O–H groups in total. The summed E-state index contributed by atoms with van der Waals surface area (Å²) in [6.07, 6.45) is 0.822. The van der Waals surface area contributed by atoms with Crippen LogP contribution < -0.4 is 15.5 Å². The van der Waals surface area contributed by atoms with Crippen LogP contribution in [0.1, 0.15) is 25.2 Å². The molecule has 1 aromatic heterocycles. The van der Waals surface area contributed by atoms with Crippen LogP contribution in [-0.2, 0) is 11.2 Å². The third kappa shape index (κ3) is 4.11. The van der Waals surface area contributed by atoms with Crippen molar-refractivity contribution in [2.75, 3.05) is 19.0 Å². The van der Waals surface area contributed by atoms with E-state index in [1.54, 1.807) is 7.11 Å². The number of aryl methyl sites for hydroxylation is 1. The topological polar surface area (TPSA) is 75.9 Å². The Kier molecular flexibility index (Phi) is 5.76. The molecule has 0 radical (unpaired) electrons. The molecule has 1 heterocycles. The van der Waals surface area contributed by atoms with E-state index in [-0.39, 0.29) is 12.5 Å². The lowest BCUT2D eigenvalue weighted by Gasteiger charge is -2.10. The molecule has 0 aliphatic rings. The number of benzene rings is 2. The monoisotopic (exact) mass is 365 g/mol. The Labute approximate surface area is 158 Å². The summed E-state index contributed by atoms with van der Waals surface area (Å²) in [6, 6.07) is 15.3. The van der Waals surface area contributed by atoms with Crippen molar-refractivity contribution in [1.29, 1.82) is 0 Å². The summed E-state index contributed by atoms with van der Waals surface area (Å²) in [5.41, 5.74) is 5.87. The van der Waals surface area contributed by atoms with Gasteiger partial charge in [-0.3, -0.25) is 4.79 Å². The Hall–Kier alpha value is -3.28. The maximum Gasteiger partial charge on any atom is 0.259 e. The Bertz CT molecular complexity index is 976. The summed E-state index contributed by atoms with van der Waals surface area (Å²) >= 11 is 0. The minimum absolute atomic E-state index is 0.0813. The number of nitrogens with zero attached hydrogens (tertiary/aromatic N) is 1. The standard InChI is InChI=1S/C21H23N3O3/c1-4-15-16-9-5-7-11-18(16)27-21(15)14(2)23-24-20(25)13-22-17-10-6-8-12-19(17)26-3/h5-12,22H,4,13H2,1-3H3,(H,24,25)/b23-14-. The fourth-order valence-corrected chi connectivity index (χ4v) is 2.94. The number of hydrazone groups is 1. The number of anilines is 1. The van der Waals surface area contributed by atoms with Gasteiger partial charge in [0, 0.05) is 10.9 Å². The number of carbonyl (C=O) groups is 1. The number of para-hydroxylation sites is 3. The summed E-state index contributed by atoms with van der Waals surface area (Å²) < 4.78 is 11.2. The lowest BCUT2D eigenvalue weighted by molar-refractivity contribution is -0.119. The third-order valence-corrected chi connectivity index (χ3v) is 4.28. The molecule has 0 spiro atoms. The molecule has 0 atom stereocenters. The lowest BCUT2D eigenvalue weighted by Crippen LogP contribution is -2.27. The van der Waals surface area contributed by atoms with Gasteiger partial charge in [-0.15, -0.1) is 0 Å². The van der Waals surface area contributed by atoms with E-state index in [1.807, 2.05) is 55.5 Å². The van der Waals surface area contributed by atoms with Gasteiger partial charge < -0.3 is 14.5 Å². The lowest BCUT2D eigenvalue weighted by atomic mass is 10.1. The number of nitrogens with one attached hydrogen (secondary N) is 2. The fourth-order valence-electron chi connectivity index (χ4n) is 2.94. The minimum Gasteiger partial charge on any atom is -0.495 e. The van der Waals surface area contributed by atoms with Gasteiger partial charge in [-0.25, -0.2) is 5.43 Å². The van der Waals surface area contributed by atoms with Crippen molar-refractivity contribution in [2.45, 2.75) is 20.3 Å². The second-order valence-corrected chi connectivity index (χ2v) is 6.05. The largest absolute Gasteiger partial charge is 0.495 e. The molecule has 0 saturated carbocycles. The van der Waals surface area contributed by atoms with E-state index in [2.05, 4.69) is 22.8 Å². The molecule has 1 amide bonds. The maximum absolute atomic E-state index is 12.1. The first-order valence-electron chi connectivity index (χ1n) is 8.84. The molecule has 140 valence electrons. The number of fused-ring (bicyclic) bond motifs is 1. The zero-order valence-electron chi connectivity index (χ0n) is 15.7. The molecule has 6 heteroatoms. The predicted octanol–water partition coefficient (Wildman–Crippen LogP) is 3.96. The van der Waals surface area contributed by atoms with Gasteiger partial charge in [0.1, 0.15) is 17.0 Å². The van der Waals surface area contributed by atoms with E-state index >= 15 is 0 Å². The average molecular weight is 365 g/mol. The first-order valence-corrected chi connectivity index (χ1v) is 8.84. The fraction of sp³-hybridized carbons (Fsp3) is 0.238. The maximum atomic E-state index is 12.1. The summed E-state index contributed by atoms with van der Waals surface area (Å²) in [5.74, 6) is 1.13. The van der Waals surface area contributed by atoms with Crippen LogP contribution in [0.2, 0.25) is 0 Å². The normalized spacial score (nSPS) is 11.4. The molecule has 2 aromatic carbocycles. The number of ether oxygens (including phenoxy) is 1. The van der Waals surface area contributed by atoms with Gasteiger partial charge in [0.05, 0.1) is 19.3 Å². The first kappa shape index (κ1) is 18.5. The van der Waals surface area contributed by atoms with E-state index in [1.165, 1.54) is 0 Å². The second-order valence-electron chi connectivity index (χ2n) is 6.05. The predicted molar refractivity (Wildman–Crippen MR) is 107 cm³/mol. The summed E-state index contributed by atoms with van der Waals surface area (Å²) in [4.78, 5) is 12.1. The van der Waals surface area contributed by atoms with E-state index in [0.29, 0.717) is 17.2 Å². The second kappa shape index (κ2) is 8.40. The molecule has 3 aromatic rings. The zero-order chi connectivity index (χ0) is 19.2. The van der Waals surface area contributed by atoms with Crippen LogP contribution in [0.5, 0.6) is 5.75 Å². The van der Waals surface area contributed by atoms with Crippen molar-refractivity contribution in [3.8, 4) is 5.75 Å². The van der Waals surface area contributed by atoms with Gasteiger partial charge in [-0.05, 0) is 31.5 Å². The Balaban J connectivity index is 1.68. The zero-order valence-corrected chi connectivity index (χ0v) is 15.7. The van der Waals surface area contributed by atoms with Crippen molar-refractivity contribution in [3.63, 3.8) is 0 Å². The van der Waals surface area contributed by atoms with Gasteiger partial charge >= 0.3 is 0 Å². The number of rotatable bonds is 7. The number of methoxy groups -OCH3 is 1. The minimum atomic E-state index is -0.255. The molecule has 0 unspecified atom stereocenters. The summed E-state index contributed by atoms with van der Waals surface area (Å²) in [5, 5.41) is 8.32. The number of carbonyl (C=O) groups excluding carboxylic acids is 1. The summed E-state index contributed by atoms with van der Waals surface area (Å²) in [6.45, 7) is 3.98. The van der Waals surface area contributed by atoms with Crippen molar-refractivity contribution < 1.29 is 13.9 Å². The van der Waals surface area contributed by atoms with Crippen LogP contribution in [0.4, 0.5) is 5.69 Å². The van der Waals surface area contributed by atoms with Gasteiger partial charge in [-0.1, -0.05) is 37.3 Å². The third-order valence-electron chi connectivity index (χ3n) is 4.28. The molecule has 3 rings (SSSR count). The Morgan fingerprint density at radius 3 is 2.67 bits per heavy atom. The van der Waals surface area contributed by atoms with Crippen LogP contribution in [0.3, 0.4) is 0 Å². The quantitative estimate of drug-likeness (QED) is 0.491. The number of furan rings is 1. The molecule has 0 saturated heterocycles. The van der Waals surface area contributed by atoms with Crippen LogP contribution in [-0.4, -0.2) is 25.3 Å². The van der Waals surface area contributed by atoms with Crippen molar-refractivity contribution in [1.82, 2.24) is 5.43 Å². The van der Waals surface area contributed by atoms with E-state index < -0.39 is 0 Å². The van der Waals surface area contributed by atoms with E-state index in [0.717, 1.165) is 28.6 Å². The molecular weight excluding hydrogens is 342 g/mol. The number of hydrogen-bond donors (Lipinski definition) is 2. The van der Waals surface area contributed by atoms with Crippen molar-refractivity contribution in [2.24, 2.45) is 5.10 Å². The smallest absolute Gasteiger partial charge is 0.259 e. The average Bonchev–Trinajstić information content (AvgIpc) is 3.09. The van der Waals surface area contributed by atoms with E-state index in [4.69, 9.17) is 9.15 Å². The molecule has 27 heavy (non-hydrogen) atoms. The SMILES string of the molecule is CCc1c(/C(C)=N\NC(=O)CNc2ccccc2OC)oc2ccccc12. The van der Waals surface area contributed by atoms with Gasteiger partial charge in [0.15, 0.2) is 5.76 Å². The van der Waals surface area contributed by atoms with Gasteiger partial charge in [-0.2, -0.15) is 5.10 Å². The van der Waals surface area contributed by atoms with Gasteiger partial charge in [0.2, 0.25) is 0 Å². The molecule has 0 aliphatic heterocycles. The first-order chi connectivity index (χ1) is 13.1. The van der Waals surface area contributed by atoms with Crippen LogP contribution >= 0.6 is 0 Å². The Morgan fingerprint density at radius 1 is 1.15 bits per heavy atom. The van der Waals surface area contributed by atoms with Gasteiger partial charge in [0.25, 0.3) is 5.91 Å². The highest BCUT2D eigenvalue weighted by atomic mass is 16.5. The van der Waals surface area contributed by atoms with Crippen LogP contribution in [0.25, 0.3) is 11.0 Å². The highest BCUT2D eigenvalue weighted by Gasteiger charge is 2.15. The Morgan fingerprint density at radius 2 is 1.89 bits per heavy atom.